The third-order valence-corrected chi connectivity index (χ3v) is 6.97. The number of benzene rings is 2. The van der Waals surface area contributed by atoms with Crippen LogP contribution in [0.1, 0.15) is 24.0 Å². The van der Waals surface area contributed by atoms with Crippen LogP contribution in [0.2, 0.25) is 0 Å². The molecule has 2 heterocycles. The van der Waals surface area contributed by atoms with Crippen molar-refractivity contribution in [1.29, 1.82) is 0 Å². The fraction of sp³-hybridized carbons (Fsp3) is 0.261. The van der Waals surface area contributed by atoms with Gasteiger partial charge in [0, 0.05) is 18.7 Å². The minimum Gasteiger partial charge on any atom is -0.488 e. The number of imide groups is 1. The van der Waals surface area contributed by atoms with Gasteiger partial charge in [-0.05, 0) is 77.0 Å². The van der Waals surface area contributed by atoms with Gasteiger partial charge in [0.05, 0.1) is 8.48 Å². The molecule has 2 saturated heterocycles. The van der Waals surface area contributed by atoms with E-state index in [1.54, 1.807) is 41.3 Å². The molecule has 0 N–H and O–H groups in total. The maximum Gasteiger partial charge on any atom is 0.294 e. The first kappa shape index (κ1) is 22.8. The molecule has 2 aliphatic rings. The molecular formula is C23H20FIN2O4S. The fourth-order valence-corrected chi connectivity index (χ4v) is 5.02. The molecule has 0 aromatic heterocycles. The lowest BCUT2D eigenvalue weighted by Gasteiger charge is -2.18. The van der Waals surface area contributed by atoms with Crippen LogP contribution in [0.4, 0.5) is 9.18 Å². The van der Waals surface area contributed by atoms with Gasteiger partial charge in [0.2, 0.25) is 5.91 Å². The average molecular weight is 566 g/mol. The first-order valence-electron chi connectivity index (χ1n) is 10.1. The van der Waals surface area contributed by atoms with Crippen LogP contribution >= 0.6 is 34.4 Å². The van der Waals surface area contributed by atoms with Crippen LogP contribution in [0, 0.1) is 9.39 Å². The number of carbonyl (C=O) groups is 3. The molecule has 0 radical (unpaired) electrons. The quantitative estimate of drug-likeness (QED) is 0.376. The topological polar surface area (TPSA) is 66.9 Å². The van der Waals surface area contributed by atoms with Crippen molar-refractivity contribution in [3.63, 3.8) is 0 Å². The van der Waals surface area contributed by atoms with Crippen molar-refractivity contribution in [2.24, 2.45) is 0 Å². The lowest BCUT2D eigenvalue weighted by atomic mass is 10.2. The number of thioether (sulfide) groups is 1. The molecule has 9 heteroatoms. The molecule has 0 saturated carbocycles. The van der Waals surface area contributed by atoms with Gasteiger partial charge in [0.1, 0.15) is 24.7 Å². The maximum absolute atomic E-state index is 13.8. The number of carbonyl (C=O) groups excluding carboxylic acids is 3. The Labute approximate surface area is 202 Å². The highest BCUT2D eigenvalue weighted by atomic mass is 127. The lowest BCUT2D eigenvalue weighted by molar-refractivity contribution is -0.135. The van der Waals surface area contributed by atoms with E-state index in [0.717, 1.165) is 38.6 Å². The molecular weight excluding hydrogens is 546 g/mol. The van der Waals surface area contributed by atoms with Gasteiger partial charge in [0.25, 0.3) is 11.1 Å². The first-order valence-corrected chi connectivity index (χ1v) is 12.0. The number of rotatable bonds is 6. The first-order chi connectivity index (χ1) is 15.4. The molecule has 166 valence electrons. The molecule has 0 spiro atoms. The summed E-state index contributed by atoms with van der Waals surface area (Å²) in [6.07, 6.45) is 3.53. The van der Waals surface area contributed by atoms with E-state index in [1.165, 1.54) is 6.07 Å². The van der Waals surface area contributed by atoms with Crippen molar-refractivity contribution in [2.45, 2.75) is 19.4 Å². The molecule has 4 rings (SSSR count). The minimum absolute atomic E-state index is 0.103. The Balaban J connectivity index is 1.42. The van der Waals surface area contributed by atoms with Crippen LogP contribution in [0.25, 0.3) is 6.08 Å². The van der Waals surface area contributed by atoms with Gasteiger partial charge in [0.15, 0.2) is 0 Å². The van der Waals surface area contributed by atoms with Crippen LogP contribution in [0.15, 0.2) is 47.4 Å². The molecule has 32 heavy (non-hydrogen) atoms. The number of likely N-dealkylation sites (tertiary alicyclic amines) is 1. The molecule has 0 aliphatic carbocycles. The number of hydrogen-bond acceptors (Lipinski definition) is 5. The Hall–Kier alpha value is -2.40. The summed E-state index contributed by atoms with van der Waals surface area (Å²) in [5, 5.41) is -0.437. The molecule has 2 aromatic carbocycles. The van der Waals surface area contributed by atoms with Gasteiger partial charge in [-0.2, -0.15) is 0 Å². The van der Waals surface area contributed by atoms with E-state index in [0.29, 0.717) is 24.4 Å². The van der Waals surface area contributed by atoms with Crippen molar-refractivity contribution in [1.82, 2.24) is 9.80 Å². The Morgan fingerprint density at radius 3 is 2.62 bits per heavy atom. The van der Waals surface area contributed by atoms with Gasteiger partial charge >= 0.3 is 0 Å². The summed E-state index contributed by atoms with van der Waals surface area (Å²) < 4.78 is 20.3. The molecule has 0 unspecified atom stereocenters. The van der Waals surface area contributed by atoms with E-state index in [9.17, 15) is 18.8 Å². The molecule has 2 fully saturated rings. The monoisotopic (exact) mass is 566 g/mol. The third kappa shape index (κ3) is 5.15. The summed E-state index contributed by atoms with van der Waals surface area (Å²) in [4.78, 5) is 40.3. The fourth-order valence-electron chi connectivity index (χ4n) is 3.48. The van der Waals surface area contributed by atoms with E-state index < -0.39 is 11.1 Å². The van der Waals surface area contributed by atoms with E-state index in [4.69, 9.17) is 4.74 Å². The predicted octanol–water partition coefficient (Wildman–Crippen LogP) is 4.67. The van der Waals surface area contributed by atoms with Gasteiger partial charge in [-0.3, -0.25) is 19.3 Å². The second-order valence-corrected chi connectivity index (χ2v) is 9.58. The molecule has 0 bridgehead atoms. The SMILES string of the molecule is O=C(CN1C(=O)S/C(=C/c2ccc(OCc3ccccc3F)c(I)c2)C1=O)N1CCCC1. The molecule has 3 amide bonds. The van der Waals surface area contributed by atoms with Gasteiger partial charge in [-0.25, -0.2) is 4.39 Å². The number of amides is 3. The molecule has 2 aromatic rings. The lowest BCUT2D eigenvalue weighted by Crippen LogP contribution is -2.40. The van der Waals surface area contributed by atoms with Crippen LogP contribution in [-0.4, -0.2) is 46.5 Å². The summed E-state index contributed by atoms with van der Waals surface area (Å²) in [5.74, 6) is -0.382. The van der Waals surface area contributed by atoms with Crippen molar-refractivity contribution in [3.8, 4) is 5.75 Å². The highest BCUT2D eigenvalue weighted by Crippen LogP contribution is 2.33. The molecule has 2 aliphatic heterocycles. The van der Waals surface area contributed by atoms with Gasteiger partial charge < -0.3 is 9.64 Å². The smallest absolute Gasteiger partial charge is 0.294 e. The number of nitrogens with zero attached hydrogens (tertiary/aromatic N) is 2. The zero-order valence-electron chi connectivity index (χ0n) is 17.1. The van der Waals surface area contributed by atoms with Crippen LogP contribution in [-0.2, 0) is 16.2 Å². The number of halogens is 2. The Morgan fingerprint density at radius 1 is 1.16 bits per heavy atom. The third-order valence-electron chi connectivity index (χ3n) is 5.22. The largest absolute Gasteiger partial charge is 0.488 e. The van der Waals surface area contributed by atoms with Crippen LogP contribution < -0.4 is 4.74 Å². The summed E-state index contributed by atoms with van der Waals surface area (Å²) in [6.45, 7) is 1.23. The second-order valence-electron chi connectivity index (χ2n) is 7.43. The molecule has 6 nitrogen and oxygen atoms in total. The summed E-state index contributed by atoms with van der Waals surface area (Å²) in [6, 6.07) is 11.8. The Bertz CT molecular complexity index is 1100. The zero-order valence-corrected chi connectivity index (χ0v) is 20.0. The van der Waals surface area contributed by atoms with Crippen molar-refractivity contribution in [2.75, 3.05) is 19.6 Å². The normalized spacial score (nSPS) is 17.5. The van der Waals surface area contributed by atoms with E-state index in [-0.39, 0.29) is 29.8 Å². The average Bonchev–Trinajstić information content (AvgIpc) is 3.39. The van der Waals surface area contributed by atoms with Crippen molar-refractivity contribution in [3.05, 3.63) is 67.9 Å². The Morgan fingerprint density at radius 2 is 1.91 bits per heavy atom. The Kier molecular flexibility index (Phi) is 7.14. The van der Waals surface area contributed by atoms with E-state index in [1.807, 2.05) is 6.07 Å². The van der Waals surface area contributed by atoms with Crippen molar-refractivity contribution >= 4 is 57.5 Å². The molecule has 0 atom stereocenters. The standard InChI is InChI=1S/C23H20FIN2O4S/c24-17-6-2-1-5-16(17)14-31-19-8-7-15(11-18(19)25)12-20-22(29)27(23(30)32-20)13-21(28)26-9-3-4-10-26/h1-2,5-8,11-12H,3-4,9-10,13-14H2/b20-12+. The zero-order chi connectivity index (χ0) is 22.7. The van der Waals surface area contributed by atoms with E-state index >= 15 is 0 Å². The number of ether oxygens (including phenoxy) is 1. The summed E-state index contributed by atoms with van der Waals surface area (Å²) in [5.41, 5.74) is 1.19. The highest BCUT2D eigenvalue weighted by molar-refractivity contribution is 14.1. The summed E-state index contributed by atoms with van der Waals surface area (Å²) >= 11 is 2.94. The summed E-state index contributed by atoms with van der Waals surface area (Å²) in [7, 11) is 0. The van der Waals surface area contributed by atoms with Crippen LogP contribution in [0.5, 0.6) is 5.75 Å². The van der Waals surface area contributed by atoms with E-state index in [2.05, 4.69) is 22.6 Å². The highest BCUT2D eigenvalue weighted by Gasteiger charge is 2.37. The minimum atomic E-state index is -0.456. The number of hydrogen-bond donors (Lipinski definition) is 0. The van der Waals surface area contributed by atoms with Gasteiger partial charge in [-0.15, -0.1) is 0 Å². The van der Waals surface area contributed by atoms with Crippen LogP contribution in [0.3, 0.4) is 0 Å². The second kappa shape index (κ2) is 10.0. The van der Waals surface area contributed by atoms with Gasteiger partial charge in [-0.1, -0.05) is 24.3 Å². The predicted molar refractivity (Wildman–Crippen MR) is 128 cm³/mol. The maximum atomic E-state index is 13.8. The van der Waals surface area contributed by atoms with Crippen molar-refractivity contribution < 1.29 is 23.5 Å².